The van der Waals surface area contributed by atoms with Crippen molar-refractivity contribution >= 4 is 0 Å². The lowest BCUT2D eigenvalue weighted by atomic mass is 10.1. The molecule has 0 radical (unpaired) electrons. The predicted molar refractivity (Wildman–Crippen MR) is 87.2 cm³/mol. The minimum atomic E-state index is 0.236. The summed E-state index contributed by atoms with van der Waals surface area (Å²) in [5, 5.41) is 3.69. The van der Waals surface area contributed by atoms with Gasteiger partial charge in [0.05, 0.1) is 0 Å². The van der Waals surface area contributed by atoms with Crippen LogP contribution in [0.25, 0.3) is 0 Å². The summed E-state index contributed by atoms with van der Waals surface area (Å²) in [4.78, 5) is 5.49. The molecule has 0 saturated carbocycles. The Morgan fingerprint density at radius 2 is 1.80 bits per heavy atom. The van der Waals surface area contributed by atoms with E-state index in [1.807, 2.05) is 0 Å². The highest BCUT2D eigenvalue weighted by molar-refractivity contribution is 4.89. The molecule has 1 N–H and O–H groups in total. The first kappa shape index (κ1) is 16.3. The molecule has 0 amide bonds. The van der Waals surface area contributed by atoms with Gasteiger partial charge in [0.2, 0.25) is 0 Å². The normalized spacial score (nSPS) is 27.9. The van der Waals surface area contributed by atoms with Crippen molar-refractivity contribution in [1.82, 2.24) is 15.1 Å². The summed E-state index contributed by atoms with van der Waals surface area (Å²) < 4.78 is 0. The molecule has 0 spiro atoms. The molecule has 0 aromatic carbocycles. The Hall–Kier alpha value is -0.120. The summed E-state index contributed by atoms with van der Waals surface area (Å²) in [6.45, 7) is 15.5. The number of hydrogen-bond donors (Lipinski definition) is 1. The Morgan fingerprint density at radius 3 is 2.40 bits per heavy atom. The molecular formula is C17H35N3. The van der Waals surface area contributed by atoms with Gasteiger partial charge < -0.3 is 5.32 Å². The van der Waals surface area contributed by atoms with Crippen LogP contribution in [0.1, 0.15) is 59.8 Å². The van der Waals surface area contributed by atoms with E-state index in [1.54, 1.807) is 0 Å². The number of likely N-dealkylation sites (tertiary alicyclic amines) is 2. The lowest BCUT2D eigenvalue weighted by molar-refractivity contribution is 0.148. The molecule has 0 aliphatic carbocycles. The highest BCUT2D eigenvalue weighted by Gasteiger charge is 2.31. The highest BCUT2D eigenvalue weighted by atomic mass is 15.3. The number of nitrogens with zero attached hydrogens (tertiary/aromatic N) is 2. The third kappa shape index (κ3) is 4.71. The Labute approximate surface area is 126 Å². The Balaban J connectivity index is 1.80. The van der Waals surface area contributed by atoms with Crippen molar-refractivity contribution in [3.63, 3.8) is 0 Å². The van der Waals surface area contributed by atoms with Gasteiger partial charge in [0.25, 0.3) is 0 Å². The summed E-state index contributed by atoms with van der Waals surface area (Å²) >= 11 is 0. The minimum absolute atomic E-state index is 0.236. The fraction of sp³-hybridized carbons (Fsp3) is 1.00. The van der Waals surface area contributed by atoms with Crippen LogP contribution >= 0.6 is 0 Å². The van der Waals surface area contributed by atoms with Crippen molar-refractivity contribution in [2.24, 2.45) is 0 Å². The standard InChI is InChI=1S/C17H35N3/c1-5-15(13-18-17(2,3)4)20-12-9-16(14-20)19-10-7-6-8-11-19/h15-16,18H,5-14H2,1-4H3. The van der Waals surface area contributed by atoms with E-state index < -0.39 is 0 Å². The second-order valence-electron chi connectivity index (χ2n) is 7.73. The van der Waals surface area contributed by atoms with Crippen molar-refractivity contribution in [2.75, 3.05) is 32.7 Å². The van der Waals surface area contributed by atoms with Gasteiger partial charge in [0.15, 0.2) is 0 Å². The van der Waals surface area contributed by atoms with Crippen LogP contribution in [0, 0.1) is 0 Å². The Kier molecular flexibility index (Phi) is 5.88. The van der Waals surface area contributed by atoms with Gasteiger partial charge in [-0.05, 0) is 59.5 Å². The number of piperidine rings is 1. The second kappa shape index (κ2) is 7.24. The summed E-state index contributed by atoms with van der Waals surface area (Å²) in [6.07, 6.45) is 6.92. The van der Waals surface area contributed by atoms with Crippen molar-refractivity contribution in [3.8, 4) is 0 Å². The van der Waals surface area contributed by atoms with Crippen molar-refractivity contribution < 1.29 is 0 Å². The molecule has 2 aliphatic heterocycles. The van der Waals surface area contributed by atoms with Crippen LogP contribution < -0.4 is 5.32 Å². The quantitative estimate of drug-likeness (QED) is 0.836. The molecule has 2 saturated heterocycles. The summed E-state index contributed by atoms with van der Waals surface area (Å²) in [6, 6.07) is 1.54. The van der Waals surface area contributed by atoms with E-state index in [2.05, 4.69) is 42.8 Å². The van der Waals surface area contributed by atoms with Gasteiger partial charge in [-0.25, -0.2) is 0 Å². The van der Waals surface area contributed by atoms with Crippen LogP contribution in [-0.2, 0) is 0 Å². The lowest BCUT2D eigenvalue weighted by Crippen LogP contribution is -2.48. The smallest absolute Gasteiger partial charge is 0.0235 e. The maximum atomic E-state index is 3.69. The van der Waals surface area contributed by atoms with Crippen molar-refractivity contribution in [2.45, 2.75) is 77.4 Å². The molecule has 3 nitrogen and oxygen atoms in total. The maximum Gasteiger partial charge on any atom is 0.0235 e. The fourth-order valence-corrected chi connectivity index (χ4v) is 3.64. The maximum absolute atomic E-state index is 3.69. The Morgan fingerprint density at radius 1 is 1.10 bits per heavy atom. The average molecular weight is 281 g/mol. The molecular weight excluding hydrogens is 246 g/mol. The molecule has 2 rings (SSSR count). The van der Waals surface area contributed by atoms with E-state index in [4.69, 9.17) is 0 Å². The number of rotatable bonds is 5. The van der Waals surface area contributed by atoms with E-state index in [1.165, 1.54) is 58.3 Å². The number of nitrogens with one attached hydrogen (secondary N) is 1. The van der Waals surface area contributed by atoms with Gasteiger partial charge in [0, 0.05) is 37.3 Å². The van der Waals surface area contributed by atoms with Crippen LogP contribution in [0.15, 0.2) is 0 Å². The molecule has 118 valence electrons. The van der Waals surface area contributed by atoms with Gasteiger partial charge in [0.1, 0.15) is 0 Å². The minimum Gasteiger partial charge on any atom is -0.311 e. The molecule has 2 atom stereocenters. The molecule has 2 aliphatic rings. The summed E-state index contributed by atoms with van der Waals surface area (Å²) in [5.41, 5.74) is 0.236. The molecule has 0 aromatic heterocycles. The summed E-state index contributed by atoms with van der Waals surface area (Å²) in [5.74, 6) is 0. The van der Waals surface area contributed by atoms with Gasteiger partial charge in [-0.2, -0.15) is 0 Å². The van der Waals surface area contributed by atoms with E-state index in [0.29, 0.717) is 6.04 Å². The third-order valence-electron chi connectivity index (χ3n) is 4.96. The molecule has 2 fully saturated rings. The lowest BCUT2D eigenvalue weighted by Gasteiger charge is -2.34. The number of hydrogen-bond acceptors (Lipinski definition) is 3. The zero-order valence-corrected chi connectivity index (χ0v) is 14.1. The SMILES string of the molecule is CCC(CNC(C)(C)C)N1CCC(N2CCCCC2)C1. The van der Waals surface area contributed by atoms with Gasteiger partial charge in [-0.3, -0.25) is 9.80 Å². The van der Waals surface area contributed by atoms with Crippen LogP contribution in [0.5, 0.6) is 0 Å². The van der Waals surface area contributed by atoms with Crippen LogP contribution in [0.2, 0.25) is 0 Å². The van der Waals surface area contributed by atoms with E-state index in [0.717, 1.165) is 12.6 Å². The molecule has 0 bridgehead atoms. The highest BCUT2D eigenvalue weighted by Crippen LogP contribution is 2.22. The molecule has 3 heteroatoms. The monoisotopic (exact) mass is 281 g/mol. The Bertz CT molecular complexity index is 278. The average Bonchev–Trinajstić information content (AvgIpc) is 2.89. The molecule has 2 heterocycles. The van der Waals surface area contributed by atoms with Crippen LogP contribution in [-0.4, -0.2) is 60.1 Å². The molecule has 20 heavy (non-hydrogen) atoms. The summed E-state index contributed by atoms with van der Waals surface area (Å²) in [7, 11) is 0. The fourth-order valence-electron chi connectivity index (χ4n) is 3.64. The second-order valence-corrected chi connectivity index (χ2v) is 7.73. The largest absolute Gasteiger partial charge is 0.311 e. The zero-order valence-electron chi connectivity index (χ0n) is 14.1. The third-order valence-corrected chi connectivity index (χ3v) is 4.96. The molecule has 0 aromatic rings. The van der Waals surface area contributed by atoms with Crippen LogP contribution in [0.3, 0.4) is 0 Å². The van der Waals surface area contributed by atoms with Crippen molar-refractivity contribution in [3.05, 3.63) is 0 Å². The van der Waals surface area contributed by atoms with Crippen molar-refractivity contribution in [1.29, 1.82) is 0 Å². The zero-order chi connectivity index (χ0) is 14.6. The van der Waals surface area contributed by atoms with E-state index in [-0.39, 0.29) is 5.54 Å². The van der Waals surface area contributed by atoms with Gasteiger partial charge in [-0.1, -0.05) is 13.3 Å². The van der Waals surface area contributed by atoms with E-state index >= 15 is 0 Å². The first-order valence-corrected chi connectivity index (χ1v) is 8.72. The van der Waals surface area contributed by atoms with Crippen LogP contribution in [0.4, 0.5) is 0 Å². The predicted octanol–water partition coefficient (Wildman–Crippen LogP) is 2.71. The molecule has 2 unspecified atom stereocenters. The van der Waals surface area contributed by atoms with Gasteiger partial charge in [-0.15, -0.1) is 0 Å². The topological polar surface area (TPSA) is 18.5 Å². The van der Waals surface area contributed by atoms with Gasteiger partial charge >= 0.3 is 0 Å². The van der Waals surface area contributed by atoms with E-state index in [9.17, 15) is 0 Å². The first-order valence-electron chi connectivity index (χ1n) is 8.72. The first-order chi connectivity index (χ1) is 9.49.